The van der Waals surface area contributed by atoms with Crippen LogP contribution in [0.4, 0.5) is 10.1 Å². The van der Waals surface area contributed by atoms with Crippen LogP contribution >= 0.6 is 11.6 Å². The van der Waals surface area contributed by atoms with Crippen LogP contribution in [0.15, 0.2) is 66.7 Å². The minimum atomic E-state index is -0.583. The van der Waals surface area contributed by atoms with Crippen LogP contribution in [0, 0.1) is 17.7 Å². The van der Waals surface area contributed by atoms with E-state index in [-0.39, 0.29) is 18.3 Å². The summed E-state index contributed by atoms with van der Waals surface area (Å²) in [4.78, 5) is 14.5. The third kappa shape index (κ3) is 6.00. The Morgan fingerprint density at radius 3 is 2.52 bits per heavy atom. The van der Waals surface area contributed by atoms with Crippen molar-refractivity contribution in [3.05, 3.63) is 88.7 Å². The summed E-state index contributed by atoms with van der Waals surface area (Å²) in [6, 6.07) is 19.6. The molecule has 1 heterocycles. The van der Waals surface area contributed by atoms with Gasteiger partial charge in [0.05, 0.1) is 12.3 Å². The maximum Gasteiger partial charge on any atom is 0.300 e. The van der Waals surface area contributed by atoms with Crippen molar-refractivity contribution in [3.8, 4) is 23.0 Å². The van der Waals surface area contributed by atoms with Crippen LogP contribution < -0.4 is 5.32 Å². The molecule has 1 fully saturated rings. The molecular weight excluding hydrogens is 439 g/mol. The summed E-state index contributed by atoms with van der Waals surface area (Å²) in [5.74, 6) is 4.21. The van der Waals surface area contributed by atoms with Gasteiger partial charge >= 0.3 is 5.91 Å². The van der Waals surface area contributed by atoms with E-state index >= 15 is 0 Å². The van der Waals surface area contributed by atoms with Crippen LogP contribution in [0.1, 0.15) is 24.0 Å². The molecule has 6 heteroatoms. The quantitative estimate of drug-likeness (QED) is 0.519. The second-order valence-corrected chi connectivity index (χ2v) is 8.49. The van der Waals surface area contributed by atoms with Gasteiger partial charge in [0.2, 0.25) is 0 Å². The van der Waals surface area contributed by atoms with Gasteiger partial charge in [-0.15, -0.1) is 0 Å². The first-order chi connectivity index (χ1) is 16.0. The Labute approximate surface area is 198 Å². The number of anilines is 1. The lowest BCUT2D eigenvalue weighted by Crippen LogP contribution is -2.31. The number of hydrogen-bond donors (Lipinski definition) is 2. The first-order valence-electron chi connectivity index (χ1n) is 10.8. The molecule has 3 aromatic carbocycles. The average molecular weight is 463 g/mol. The molecule has 4 nitrogen and oxygen atoms in total. The summed E-state index contributed by atoms with van der Waals surface area (Å²) in [5, 5.41) is 12.6. The number of nitrogens with one attached hydrogen (secondary N) is 1. The van der Waals surface area contributed by atoms with Crippen molar-refractivity contribution in [1.82, 2.24) is 4.90 Å². The maximum absolute atomic E-state index is 14.5. The number of hydrogen-bond acceptors (Lipinski definition) is 3. The molecule has 1 atom stereocenters. The van der Waals surface area contributed by atoms with Gasteiger partial charge in [0.15, 0.2) is 0 Å². The Hall–Kier alpha value is -3.17. The molecule has 0 aromatic heterocycles. The monoisotopic (exact) mass is 462 g/mol. The molecule has 0 radical (unpaired) electrons. The zero-order valence-corrected chi connectivity index (χ0v) is 18.8. The van der Waals surface area contributed by atoms with Gasteiger partial charge in [-0.2, -0.15) is 0 Å². The predicted molar refractivity (Wildman–Crippen MR) is 129 cm³/mol. The Balaban J connectivity index is 1.36. The summed E-state index contributed by atoms with van der Waals surface area (Å²) in [6.07, 6.45) is 2.13. The van der Waals surface area contributed by atoms with Gasteiger partial charge < -0.3 is 10.4 Å². The van der Waals surface area contributed by atoms with E-state index in [4.69, 9.17) is 11.6 Å². The standard InChI is InChI=1S/C27H24ClFN2O2/c28-23-11-8-21(9-12-23)22-10-13-26(25(29)16-22)30-27(33)14-7-19-3-5-20(6-4-19)17-31-15-1-2-24(31)18-32/h3-6,8-13,16,24,32H,1-2,15,17-18H2,(H,30,33)/t24-/m1/s1. The summed E-state index contributed by atoms with van der Waals surface area (Å²) >= 11 is 5.89. The van der Waals surface area contributed by atoms with Crippen LogP contribution in [0.25, 0.3) is 11.1 Å². The van der Waals surface area contributed by atoms with Crippen molar-refractivity contribution in [1.29, 1.82) is 0 Å². The fourth-order valence-electron chi connectivity index (χ4n) is 3.96. The number of carbonyl (C=O) groups is 1. The number of amides is 1. The van der Waals surface area contributed by atoms with Crippen LogP contribution in [0.3, 0.4) is 0 Å². The first kappa shape index (κ1) is 23.0. The van der Waals surface area contributed by atoms with E-state index in [0.29, 0.717) is 16.1 Å². The first-order valence-corrected chi connectivity index (χ1v) is 11.2. The summed E-state index contributed by atoms with van der Waals surface area (Å²) in [7, 11) is 0. The van der Waals surface area contributed by atoms with E-state index in [9.17, 15) is 14.3 Å². The third-order valence-electron chi connectivity index (χ3n) is 5.76. The minimum absolute atomic E-state index is 0.0754. The molecule has 1 aliphatic rings. The number of benzene rings is 3. The Bertz CT molecular complexity index is 1180. The number of nitrogens with zero attached hydrogens (tertiary/aromatic N) is 1. The number of likely N-dealkylation sites (tertiary alicyclic amines) is 1. The molecule has 3 aromatic rings. The zero-order valence-electron chi connectivity index (χ0n) is 18.0. The van der Waals surface area contributed by atoms with Crippen molar-refractivity contribution < 1.29 is 14.3 Å². The third-order valence-corrected chi connectivity index (χ3v) is 6.02. The fraction of sp³-hybridized carbons (Fsp3) is 0.222. The fourth-order valence-corrected chi connectivity index (χ4v) is 4.08. The van der Waals surface area contributed by atoms with Crippen molar-refractivity contribution in [2.75, 3.05) is 18.5 Å². The largest absolute Gasteiger partial charge is 0.395 e. The summed E-state index contributed by atoms with van der Waals surface area (Å²) in [5.41, 5.74) is 3.43. The van der Waals surface area contributed by atoms with E-state index in [1.165, 1.54) is 12.1 Å². The normalized spacial score (nSPS) is 15.7. The lowest BCUT2D eigenvalue weighted by Gasteiger charge is -2.22. The topological polar surface area (TPSA) is 52.6 Å². The van der Waals surface area contributed by atoms with Crippen molar-refractivity contribution >= 4 is 23.2 Å². The molecule has 0 saturated carbocycles. The van der Waals surface area contributed by atoms with Gasteiger partial charge in [0.25, 0.3) is 0 Å². The molecular formula is C27H24ClFN2O2. The van der Waals surface area contributed by atoms with Crippen molar-refractivity contribution in [3.63, 3.8) is 0 Å². The Morgan fingerprint density at radius 2 is 1.82 bits per heavy atom. The lowest BCUT2D eigenvalue weighted by atomic mass is 10.1. The molecule has 1 saturated heterocycles. The van der Waals surface area contributed by atoms with E-state index in [2.05, 4.69) is 22.1 Å². The molecule has 4 rings (SSSR count). The molecule has 0 unspecified atom stereocenters. The SMILES string of the molecule is O=C(C#Cc1ccc(CN2CCC[C@@H]2CO)cc1)Nc1ccc(-c2ccc(Cl)cc2)cc1F. The highest BCUT2D eigenvalue weighted by atomic mass is 35.5. The lowest BCUT2D eigenvalue weighted by molar-refractivity contribution is -0.111. The highest BCUT2D eigenvalue weighted by Gasteiger charge is 2.23. The number of aliphatic hydroxyl groups excluding tert-OH is 1. The highest BCUT2D eigenvalue weighted by molar-refractivity contribution is 6.30. The molecule has 33 heavy (non-hydrogen) atoms. The molecule has 2 N–H and O–H groups in total. The Kier molecular flexibility index (Phi) is 7.41. The van der Waals surface area contributed by atoms with Crippen LogP contribution in [0.2, 0.25) is 5.02 Å². The molecule has 0 spiro atoms. The maximum atomic E-state index is 14.5. The van der Waals surface area contributed by atoms with E-state index in [0.717, 1.165) is 37.1 Å². The van der Waals surface area contributed by atoms with Crippen LogP contribution in [0.5, 0.6) is 0 Å². The zero-order chi connectivity index (χ0) is 23.2. The predicted octanol–water partition coefficient (Wildman–Crippen LogP) is 5.09. The molecule has 1 aliphatic heterocycles. The second kappa shape index (κ2) is 10.6. The van der Waals surface area contributed by atoms with Gasteiger partial charge in [-0.25, -0.2) is 4.39 Å². The summed E-state index contributed by atoms with van der Waals surface area (Å²) in [6.45, 7) is 1.96. The summed E-state index contributed by atoms with van der Waals surface area (Å²) < 4.78 is 14.5. The van der Waals surface area contributed by atoms with E-state index in [1.807, 2.05) is 36.4 Å². The van der Waals surface area contributed by atoms with Gasteiger partial charge in [-0.05, 0) is 72.5 Å². The van der Waals surface area contributed by atoms with Gasteiger partial charge in [-0.3, -0.25) is 9.69 Å². The van der Waals surface area contributed by atoms with Crippen LogP contribution in [-0.2, 0) is 11.3 Å². The Morgan fingerprint density at radius 1 is 1.09 bits per heavy atom. The van der Waals surface area contributed by atoms with Gasteiger partial charge in [0, 0.05) is 29.1 Å². The molecule has 0 bridgehead atoms. The van der Waals surface area contributed by atoms with Crippen molar-refractivity contribution in [2.24, 2.45) is 0 Å². The van der Waals surface area contributed by atoms with Crippen molar-refractivity contribution in [2.45, 2.75) is 25.4 Å². The second-order valence-electron chi connectivity index (χ2n) is 8.05. The molecule has 1 amide bonds. The molecule has 168 valence electrons. The van der Waals surface area contributed by atoms with E-state index in [1.54, 1.807) is 18.2 Å². The minimum Gasteiger partial charge on any atom is -0.395 e. The highest BCUT2D eigenvalue weighted by Crippen LogP contribution is 2.25. The molecule has 0 aliphatic carbocycles. The van der Waals surface area contributed by atoms with Crippen LogP contribution in [-0.4, -0.2) is 35.1 Å². The number of halogens is 2. The van der Waals surface area contributed by atoms with Gasteiger partial charge in [0.1, 0.15) is 5.82 Å². The number of aliphatic hydroxyl groups is 1. The van der Waals surface area contributed by atoms with E-state index < -0.39 is 11.7 Å². The number of carbonyl (C=O) groups excluding carboxylic acids is 1. The smallest absolute Gasteiger partial charge is 0.300 e. The number of rotatable bonds is 5. The van der Waals surface area contributed by atoms with Gasteiger partial charge in [-0.1, -0.05) is 47.9 Å². The average Bonchev–Trinajstić information content (AvgIpc) is 3.27.